The lowest BCUT2D eigenvalue weighted by molar-refractivity contribution is 0.248. The molecule has 0 amide bonds. The minimum Gasteiger partial charge on any atom is -0.457 e. The fraction of sp³-hybridized carbons (Fsp3) is 0.208. The van der Waals surface area contributed by atoms with Crippen molar-refractivity contribution in [3.05, 3.63) is 73.2 Å². The van der Waals surface area contributed by atoms with Gasteiger partial charge < -0.3 is 18.9 Å². The number of hydrogen-bond donors (Lipinski definition) is 0. The highest BCUT2D eigenvalue weighted by Gasteiger charge is 2.23. The van der Waals surface area contributed by atoms with Crippen LogP contribution in [0.25, 0.3) is 11.0 Å². The second-order valence-corrected chi connectivity index (χ2v) is 7.47. The molecule has 1 atom stereocenters. The Morgan fingerprint density at radius 1 is 0.903 bits per heavy atom. The summed E-state index contributed by atoms with van der Waals surface area (Å²) in [6.07, 6.45) is 7.76. The van der Waals surface area contributed by atoms with Gasteiger partial charge in [0, 0.05) is 19.3 Å². The molecule has 7 heteroatoms. The average molecular weight is 411 g/mol. The average Bonchev–Trinajstić information content (AvgIpc) is 3.26. The van der Waals surface area contributed by atoms with Gasteiger partial charge in [0.05, 0.1) is 11.6 Å². The maximum atomic E-state index is 9.29. The van der Waals surface area contributed by atoms with Crippen LogP contribution in [0.1, 0.15) is 18.9 Å². The predicted octanol–water partition coefficient (Wildman–Crippen LogP) is 5.13. The Labute approximate surface area is 180 Å². The van der Waals surface area contributed by atoms with E-state index in [1.54, 1.807) is 4.90 Å². The van der Waals surface area contributed by atoms with E-state index in [4.69, 9.17) is 9.47 Å². The van der Waals surface area contributed by atoms with E-state index in [2.05, 4.69) is 20.7 Å². The monoisotopic (exact) mass is 411 g/mol. The summed E-state index contributed by atoms with van der Waals surface area (Å²) in [5.74, 6) is 2.68. The number of para-hydroxylation sites is 1. The van der Waals surface area contributed by atoms with Crippen molar-refractivity contribution in [2.75, 3.05) is 13.1 Å². The van der Waals surface area contributed by atoms with Gasteiger partial charge in [-0.25, -0.2) is 4.98 Å². The first kappa shape index (κ1) is 18.9. The maximum Gasteiger partial charge on any atom is 0.247 e. The van der Waals surface area contributed by atoms with Crippen molar-refractivity contribution in [2.24, 2.45) is 0 Å². The van der Waals surface area contributed by atoms with Gasteiger partial charge in [-0.2, -0.15) is 10.2 Å². The van der Waals surface area contributed by atoms with Crippen LogP contribution in [-0.4, -0.2) is 32.5 Å². The van der Waals surface area contributed by atoms with Crippen LogP contribution in [0.4, 0.5) is 0 Å². The molecule has 1 fully saturated rings. The van der Waals surface area contributed by atoms with Crippen LogP contribution in [0, 0.1) is 11.5 Å². The van der Waals surface area contributed by atoms with Crippen molar-refractivity contribution < 1.29 is 9.47 Å². The summed E-state index contributed by atoms with van der Waals surface area (Å²) in [6.45, 7) is 1.49. The highest BCUT2D eigenvalue weighted by molar-refractivity contribution is 5.81. The van der Waals surface area contributed by atoms with E-state index in [9.17, 15) is 5.26 Å². The fourth-order valence-electron chi connectivity index (χ4n) is 3.93. The molecule has 4 aromatic rings. The van der Waals surface area contributed by atoms with Gasteiger partial charge in [0.1, 0.15) is 29.1 Å². The summed E-state index contributed by atoms with van der Waals surface area (Å²) in [6, 6.07) is 19.2. The molecule has 1 aliphatic rings. The molecule has 7 nitrogen and oxygen atoms in total. The number of fused-ring (bicyclic) bond motifs is 1. The largest absolute Gasteiger partial charge is 0.457 e. The van der Waals surface area contributed by atoms with Gasteiger partial charge in [-0.1, -0.05) is 18.2 Å². The van der Waals surface area contributed by atoms with Gasteiger partial charge in [-0.3, -0.25) is 0 Å². The first-order chi connectivity index (χ1) is 15.3. The lowest BCUT2D eigenvalue weighted by Gasteiger charge is -2.30. The topological polar surface area (TPSA) is 76.2 Å². The summed E-state index contributed by atoms with van der Waals surface area (Å²) in [7, 11) is 0. The second kappa shape index (κ2) is 8.36. The van der Waals surface area contributed by atoms with Crippen molar-refractivity contribution in [2.45, 2.75) is 18.9 Å². The Hall–Kier alpha value is -4.05. The summed E-state index contributed by atoms with van der Waals surface area (Å²) in [4.78, 5) is 10.6. The van der Waals surface area contributed by atoms with E-state index < -0.39 is 0 Å². The summed E-state index contributed by atoms with van der Waals surface area (Å²) >= 11 is 0. The van der Waals surface area contributed by atoms with Gasteiger partial charge in [0.2, 0.25) is 5.88 Å². The van der Waals surface area contributed by atoms with E-state index in [1.807, 2.05) is 66.9 Å². The molecule has 31 heavy (non-hydrogen) atoms. The molecule has 2 aromatic carbocycles. The zero-order valence-corrected chi connectivity index (χ0v) is 16.9. The Morgan fingerprint density at radius 2 is 1.65 bits per heavy atom. The number of ether oxygens (including phenoxy) is 2. The number of aromatic nitrogens is 3. The SMILES string of the molecule is N#CN1CCCC(n2ccc3ncnc(Oc4ccc(Oc5ccccc5)cc4)c32)C1. The van der Waals surface area contributed by atoms with Crippen LogP contribution in [0.2, 0.25) is 0 Å². The third-order valence-corrected chi connectivity index (χ3v) is 5.42. The molecule has 0 N–H and O–H groups in total. The third kappa shape index (κ3) is 4.01. The minimum absolute atomic E-state index is 0.181. The van der Waals surface area contributed by atoms with Crippen molar-refractivity contribution in [3.63, 3.8) is 0 Å². The molecule has 0 bridgehead atoms. The fourth-order valence-corrected chi connectivity index (χ4v) is 3.93. The Balaban J connectivity index is 1.39. The van der Waals surface area contributed by atoms with Crippen molar-refractivity contribution in [1.82, 2.24) is 19.4 Å². The Bertz CT molecular complexity index is 1210. The van der Waals surface area contributed by atoms with E-state index in [1.165, 1.54) is 6.33 Å². The van der Waals surface area contributed by atoms with Crippen LogP contribution < -0.4 is 9.47 Å². The van der Waals surface area contributed by atoms with Crippen LogP contribution >= 0.6 is 0 Å². The summed E-state index contributed by atoms with van der Waals surface area (Å²) in [5, 5.41) is 9.29. The number of nitriles is 1. The summed E-state index contributed by atoms with van der Waals surface area (Å²) < 4.78 is 14.1. The molecule has 0 aliphatic carbocycles. The Morgan fingerprint density at radius 3 is 2.42 bits per heavy atom. The van der Waals surface area contributed by atoms with E-state index in [-0.39, 0.29) is 6.04 Å². The van der Waals surface area contributed by atoms with Crippen LogP contribution in [0.3, 0.4) is 0 Å². The molecule has 0 spiro atoms. The molecule has 1 saturated heterocycles. The molecule has 0 saturated carbocycles. The van der Waals surface area contributed by atoms with Gasteiger partial charge in [0.25, 0.3) is 0 Å². The van der Waals surface area contributed by atoms with Crippen molar-refractivity contribution in [1.29, 1.82) is 5.26 Å². The molecule has 5 rings (SSSR count). The van der Waals surface area contributed by atoms with Gasteiger partial charge >= 0.3 is 0 Å². The predicted molar refractivity (Wildman–Crippen MR) is 116 cm³/mol. The van der Waals surface area contributed by atoms with Crippen LogP contribution in [-0.2, 0) is 0 Å². The molecule has 2 aromatic heterocycles. The standard InChI is InChI=1S/C24H21N5O2/c25-16-28-13-4-5-18(15-28)29-14-12-22-23(29)24(27-17-26-22)31-21-10-8-20(9-11-21)30-19-6-2-1-3-7-19/h1-3,6-12,14,17-18H,4-5,13,15H2. The number of rotatable bonds is 5. The molecule has 154 valence electrons. The number of nitrogens with zero attached hydrogens (tertiary/aromatic N) is 5. The highest BCUT2D eigenvalue weighted by Crippen LogP contribution is 2.33. The van der Waals surface area contributed by atoms with Crippen molar-refractivity contribution >= 4 is 11.0 Å². The number of likely N-dealkylation sites (tertiary alicyclic amines) is 1. The zero-order valence-electron chi connectivity index (χ0n) is 16.9. The van der Waals surface area contributed by atoms with Crippen molar-refractivity contribution in [3.8, 4) is 29.3 Å². The molecule has 1 unspecified atom stereocenters. The van der Waals surface area contributed by atoms with E-state index in [0.29, 0.717) is 18.2 Å². The molecule has 0 radical (unpaired) electrons. The smallest absolute Gasteiger partial charge is 0.247 e. The normalized spacial score (nSPS) is 16.1. The number of piperidine rings is 1. The zero-order chi connectivity index (χ0) is 21.0. The Kier molecular flexibility index (Phi) is 5.11. The first-order valence-corrected chi connectivity index (χ1v) is 10.3. The highest BCUT2D eigenvalue weighted by atomic mass is 16.5. The molecular weight excluding hydrogens is 390 g/mol. The maximum absolute atomic E-state index is 9.29. The lowest BCUT2D eigenvalue weighted by Crippen LogP contribution is -2.33. The van der Waals surface area contributed by atoms with E-state index in [0.717, 1.165) is 41.9 Å². The lowest BCUT2D eigenvalue weighted by atomic mass is 10.1. The molecular formula is C24H21N5O2. The van der Waals surface area contributed by atoms with Gasteiger partial charge in [-0.05, 0) is 55.3 Å². The van der Waals surface area contributed by atoms with Gasteiger partial charge in [0.15, 0.2) is 6.19 Å². The second-order valence-electron chi connectivity index (χ2n) is 7.47. The molecule has 3 heterocycles. The molecule has 1 aliphatic heterocycles. The van der Waals surface area contributed by atoms with E-state index >= 15 is 0 Å². The number of hydrogen-bond acceptors (Lipinski definition) is 6. The van der Waals surface area contributed by atoms with Gasteiger partial charge in [-0.15, -0.1) is 0 Å². The first-order valence-electron chi connectivity index (χ1n) is 10.3. The minimum atomic E-state index is 0.181. The third-order valence-electron chi connectivity index (χ3n) is 5.42. The van der Waals surface area contributed by atoms with Crippen LogP contribution in [0.5, 0.6) is 23.1 Å². The quantitative estimate of drug-likeness (QED) is 0.424. The summed E-state index contributed by atoms with van der Waals surface area (Å²) in [5.41, 5.74) is 1.67. The number of benzene rings is 2. The van der Waals surface area contributed by atoms with Crippen LogP contribution in [0.15, 0.2) is 73.2 Å².